The Hall–Kier alpha value is -0.380. The number of aliphatic hydroxyl groups is 2. The van der Waals surface area contributed by atoms with Gasteiger partial charge in [-0.1, -0.05) is 6.08 Å². The van der Waals surface area contributed by atoms with Crippen LogP contribution in [0.1, 0.15) is 6.92 Å². The molecule has 1 aliphatic heterocycles. The van der Waals surface area contributed by atoms with Crippen molar-refractivity contribution >= 4 is 0 Å². The third kappa shape index (κ3) is 0.714. The van der Waals surface area contributed by atoms with E-state index in [1.807, 2.05) is 0 Å². The maximum atomic E-state index is 9.30. The van der Waals surface area contributed by atoms with Gasteiger partial charge in [-0.3, -0.25) is 0 Å². The molecule has 1 saturated heterocycles. The van der Waals surface area contributed by atoms with Crippen LogP contribution in [-0.4, -0.2) is 34.6 Å². The largest absolute Gasteiger partial charge is 0.386 e. The number of hydrogen-bond donors (Lipinski definition) is 2. The summed E-state index contributed by atoms with van der Waals surface area (Å²) in [5, 5.41) is 18.5. The number of epoxide rings is 1. The first-order valence-electron chi connectivity index (χ1n) is 3.40. The van der Waals surface area contributed by atoms with Crippen LogP contribution >= 0.6 is 0 Å². The van der Waals surface area contributed by atoms with Crippen LogP contribution in [0.15, 0.2) is 11.6 Å². The van der Waals surface area contributed by atoms with Crippen molar-refractivity contribution in [3.8, 4) is 0 Å². The van der Waals surface area contributed by atoms with Crippen LogP contribution in [-0.2, 0) is 4.74 Å². The van der Waals surface area contributed by atoms with Crippen LogP contribution in [0.5, 0.6) is 0 Å². The second-order valence-electron chi connectivity index (χ2n) is 2.91. The van der Waals surface area contributed by atoms with Crippen molar-refractivity contribution in [1.29, 1.82) is 0 Å². The molecule has 4 atom stereocenters. The molecule has 2 N–H and O–H groups in total. The highest BCUT2D eigenvalue weighted by molar-refractivity contribution is 5.22. The molecule has 0 aromatic carbocycles. The molecule has 0 aromatic rings. The highest BCUT2D eigenvalue weighted by Gasteiger charge is 2.51. The summed E-state index contributed by atoms with van der Waals surface area (Å²) in [7, 11) is 0. The quantitative estimate of drug-likeness (QED) is 0.352. The second kappa shape index (κ2) is 1.81. The molecule has 4 unspecified atom stereocenters. The minimum Gasteiger partial charge on any atom is -0.386 e. The zero-order valence-electron chi connectivity index (χ0n) is 5.69. The van der Waals surface area contributed by atoms with Crippen molar-refractivity contribution in [3.63, 3.8) is 0 Å². The predicted molar refractivity (Wildman–Crippen MR) is 34.4 cm³/mol. The fraction of sp³-hybridized carbons (Fsp3) is 0.714. The van der Waals surface area contributed by atoms with Crippen molar-refractivity contribution in [2.45, 2.75) is 31.3 Å². The van der Waals surface area contributed by atoms with E-state index >= 15 is 0 Å². The van der Waals surface area contributed by atoms with Crippen molar-refractivity contribution in [3.05, 3.63) is 11.6 Å². The summed E-state index contributed by atoms with van der Waals surface area (Å²) >= 11 is 0. The first-order chi connectivity index (χ1) is 4.70. The van der Waals surface area contributed by atoms with Gasteiger partial charge in [0, 0.05) is 0 Å². The average Bonchev–Trinajstić information content (AvgIpc) is 2.61. The Balaban J connectivity index is 2.22. The number of fused-ring (bicyclic) bond motifs is 1. The zero-order chi connectivity index (χ0) is 7.30. The summed E-state index contributed by atoms with van der Waals surface area (Å²) in [5.74, 6) is 0. The molecule has 0 bridgehead atoms. The maximum Gasteiger partial charge on any atom is 0.117 e. The van der Waals surface area contributed by atoms with Gasteiger partial charge in [-0.15, -0.1) is 0 Å². The number of rotatable bonds is 0. The summed E-state index contributed by atoms with van der Waals surface area (Å²) in [5.41, 5.74) is 0.811. The van der Waals surface area contributed by atoms with E-state index in [9.17, 15) is 10.2 Å². The molecule has 0 saturated carbocycles. The first-order valence-corrected chi connectivity index (χ1v) is 3.40. The van der Waals surface area contributed by atoms with E-state index in [-0.39, 0.29) is 12.2 Å². The number of hydrogen-bond acceptors (Lipinski definition) is 3. The molecular formula is C7H10O3. The molecule has 1 heterocycles. The lowest BCUT2D eigenvalue weighted by molar-refractivity contribution is 0.163. The molecule has 0 amide bonds. The highest BCUT2D eigenvalue weighted by Crippen LogP contribution is 2.36. The molecule has 0 radical (unpaired) electrons. The molecule has 3 nitrogen and oxygen atoms in total. The Bertz CT molecular complexity index is 187. The average molecular weight is 142 g/mol. The number of ether oxygens (including phenoxy) is 1. The van der Waals surface area contributed by atoms with Crippen molar-refractivity contribution in [1.82, 2.24) is 0 Å². The molecule has 10 heavy (non-hydrogen) atoms. The molecule has 0 spiro atoms. The van der Waals surface area contributed by atoms with Crippen LogP contribution in [0.4, 0.5) is 0 Å². The van der Waals surface area contributed by atoms with Gasteiger partial charge in [-0.2, -0.15) is 0 Å². The minimum atomic E-state index is -0.506. The lowest BCUT2D eigenvalue weighted by Gasteiger charge is -2.15. The van der Waals surface area contributed by atoms with Gasteiger partial charge in [0.15, 0.2) is 0 Å². The SMILES string of the molecule is CC1=CC(O)C2OC2C1O. The monoisotopic (exact) mass is 142 g/mol. The van der Waals surface area contributed by atoms with E-state index in [4.69, 9.17) is 4.74 Å². The third-order valence-corrected chi connectivity index (χ3v) is 2.11. The van der Waals surface area contributed by atoms with Crippen LogP contribution in [0.2, 0.25) is 0 Å². The molecule has 0 aromatic heterocycles. The molecule has 2 aliphatic rings. The topological polar surface area (TPSA) is 53.0 Å². The summed E-state index contributed by atoms with van der Waals surface area (Å²) in [4.78, 5) is 0. The molecule has 3 heteroatoms. The van der Waals surface area contributed by atoms with E-state index in [0.717, 1.165) is 5.57 Å². The van der Waals surface area contributed by atoms with E-state index in [2.05, 4.69) is 0 Å². The molecule has 1 aliphatic carbocycles. The Morgan fingerprint density at radius 1 is 1.40 bits per heavy atom. The van der Waals surface area contributed by atoms with Crippen LogP contribution in [0.25, 0.3) is 0 Å². The van der Waals surface area contributed by atoms with Gasteiger partial charge < -0.3 is 14.9 Å². The number of aliphatic hydroxyl groups excluding tert-OH is 2. The van der Waals surface area contributed by atoms with E-state index in [1.54, 1.807) is 13.0 Å². The van der Waals surface area contributed by atoms with E-state index in [1.165, 1.54) is 0 Å². The lowest BCUT2D eigenvalue weighted by atomic mass is 9.96. The van der Waals surface area contributed by atoms with E-state index < -0.39 is 12.2 Å². The predicted octanol–water partition coefficient (Wildman–Crippen LogP) is -0.565. The Labute approximate surface area is 58.9 Å². The summed E-state index contributed by atoms with van der Waals surface area (Å²) < 4.78 is 5.02. The van der Waals surface area contributed by atoms with E-state index in [0.29, 0.717) is 0 Å². The summed E-state index contributed by atoms with van der Waals surface area (Å²) in [6.07, 6.45) is 0.374. The standard InChI is InChI=1S/C7H10O3/c1-3-2-4(8)6-7(10-6)5(3)9/h2,4-9H,1H3. The van der Waals surface area contributed by atoms with Gasteiger partial charge in [0.1, 0.15) is 24.4 Å². The Kier molecular flexibility index (Phi) is 1.15. The minimum absolute atomic E-state index is 0.139. The van der Waals surface area contributed by atoms with Gasteiger partial charge in [0.25, 0.3) is 0 Å². The second-order valence-corrected chi connectivity index (χ2v) is 2.91. The van der Waals surface area contributed by atoms with Gasteiger partial charge in [-0.05, 0) is 12.5 Å². The van der Waals surface area contributed by atoms with Crippen molar-refractivity contribution < 1.29 is 14.9 Å². The Morgan fingerprint density at radius 3 is 2.80 bits per heavy atom. The Morgan fingerprint density at radius 2 is 2.10 bits per heavy atom. The molecule has 2 rings (SSSR count). The van der Waals surface area contributed by atoms with Gasteiger partial charge in [0.05, 0.1) is 0 Å². The third-order valence-electron chi connectivity index (χ3n) is 2.11. The lowest BCUT2D eigenvalue weighted by Crippen LogP contribution is -2.29. The molecule has 1 fully saturated rings. The normalized spacial score (nSPS) is 51.7. The van der Waals surface area contributed by atoms with Gasteiger partial charge in [0.2, 0.25) is 0 Å². The van der Waals surface area contributed by atoms with Crippen LogP contribution in [0.3, 0.4) is 0 Å². The molecule has 56 valence electrons. The van der Waals surface area contributed by atoms with Gasteiger partial charge >= 0.3 is 0 Å². The fourth-order valence-corrected chi connectivity index (χ4v) is 1.39. The smallest absolute Gasteiger partial charge is 0.117 e. The summed E-state index contributed by atoms with van der Waals surface area (Å²) in [6.45, 7) is 1.80. The van der Waals surface area contributed by atoms with Crippen molar-refractivity contribution in [2.24, 2.45) is 0 Å². The highest BCUT2D eigenvalue weighted by atomic mass is 16.6. The van der Waals surface area contributed by atoms with Crippen LogP contribution in [0, 0.1) is 0 Å². The zero-order valence-corrected chi connectivity index (χ0v) is 5.69. The fourth-order valence-electron chi connectivity index (χ4n) is 1.39. The maximum absolute atomic E-state index is 9.30. The first kappa shape index (κ1) is 6.34. The summed E-state index contributed by atoms with van der Waals surface area (Å²) in [6, 6.07) is 0. The molecular weight excluding hydrogens is 132 g/mol. The van der Waals surface area contributed by atoms with Crippen LogP contribution < -0.4 is 0 Å². The van der Waals surface area contributed by atoms with Gasteiger partial charge in [-0.25, -0.2) is 0 Å². The van der Waals surface area contributed by atoms with Crippen molar-refractivity contribution in [2.75, 3.05) is 0 Å².